The molecule has 2 rings (SSSR count). The number of aromatic nitrogens is 2. The fourth-order valence-corrected chi connectivity index (χ4v) is 1.88. The summed E-state index contributed by atoms with van der Waals surface area (Å²) in [7, 11) is 0. The second kappa shape index (κ2) is 5.89. The van der Waals surface area contributed by atoms with Gasteiger partial charge in [-0.25, -0.2) is 0 Å². The van der Waals surface area contributed by atoms with E-state index < -0.39 is 6.10 Å². The molecule has 0 radical (unpaired) electrons. The molecule has 4 nitrogen and oxygen atoms in total. The topological polar surface area (TPSA) is 50.1 Å². The van der Waals surface area contributed by atoms with Crippen molar-refractivity contribution < 1.29 is 5.11 Å². The second-order valence-corrected chi connectivity index (χ2v) is 4.65. The Hall–Kier alpha value is -1.52. The van der Waals surface area contributed by atoms with Gasteiger partial charge in [-0.3, -0.25) is 4.68 Å². The highest BCUT2D eigenvalue weighted by Gasteiger charge is 2.07. The van der Waals surface area contributed by atoms with Gasteiger partial charge in [0.1, 0.15) is 0 Å². The summed E-state index contributed by atoms with van der Waals surface area (Å²) in [5.41, 5.74) is 1.97. The van der Waals surface area contributed by atoms with E-state index >= 15 is 0 Å². The van der Waals surface area contributed by atoms with E-state index in [-0.39, 0.29) is 0 Å². The van der Waals surface area contributed by atoms with Crippen LogP contribution in [0, 0.1) is 6.92 Å². The zero-order chi connectivity index (χ0) is 13.0. The van der Waals surface area contributed by atoms with Crippen molar-refractivity contribution in [3.63, 3.8) is 0 Å². The summed E-state index contributed by atoms with van der Waals surface area (Å²) >= 11 is 6.06. The van der Waals surface area contributed by atoms with Crippen molar-refractivity contribution in [2.45, 2.75) is 19.6 Å². The van der Waals surface area contributed by atoms with Crippen LogP contribution in [0.25, 0.3) is 0 Å². The molecule has 0 aliphatic carbocycles. The van der Waals surface area contributed by atoms with Gasteiger partial charge in [-0.15, -0.1) is 0 Å². The minimum Gasteiger partial charge on any atom is -0.389 e. The number of halogens is 1. The molecule has 5 heteroatoms. The van der Waals surface area contributed by atoms with E-state index in [4.69, 9.17) is 11.6 Å². The first-order chi connectivity index (χ1) is 8.65. The Bertz CT molecular complexity index is 499. The fourth-order valence-electron chi connectivity index (χ4n) is 1.69. The summed E-state index contributed by atoms with van der Waals surface area (Å²) in [5.74, 6) is 0. The van der Waals surface area contributed by atoms with E-state index in [0.717, 1.165) is 11.3 Å². The van der Waals surface area contributed by atoms with E-state index in [1.54, 1.807) is 10.9 Å². The predicted octanol–water partition coefficient (Wildman–Crippen LogP) is 2.32. The molecule has 0 saturated heterocycles. The number of nitrogens with one attached hydrogen (secondary N) is 1. The first kappa shape index (κ1) is 12.9. The Labute approximate surface area is 111 Å². The standard InChI is InChI=1S/C13H16ClN3O/c1-10-3-4-12(14)13(7-10)15-8-11(18)9-17-6-2-5-16-17/h2-7,11,15,18H,8-9H2,1H3. The van der Waals surface area contributed by atoms with Gasteiger partial charge >= 0.3 is 0 Å². The van der Waals surface area contributed by atoms with Gasteiger partial charge in [0.25, 0.3) is 0 Å². The Balaban J connectivity index is 1.89. The maximum absolute atomic E-state index is 9.88. The normalized spacial score (nSPS) is 12.4. The Morgan fingerprint density at radius 2 is 2.33 bits per heavy atom. The smallest absolute Gasteiger partial charge is 0.0907 e. The average Bonchev–Trinajstić information content (AvgIpc) is 2.83. The van der Waals surface area contributed by atoms with Crippen LogP contribution in [-0.2, 0) is 6.54 Å². The van der Waals surface area contributed by atoms with Crippen molar-refractivity contribution in [3.8, 4) is 0 Å². The van der Waals surface area contributed by atoms with E-state index in [0.29, 0.717) is 18.1 Å². The van der Waals surface area contributed by atoms with Crippen LogP contribution < -0.4 is 5.32 Å². The molecule has 0 bridgehead atoms. The van der Waals surface area contributed by atoms with Crippen molar-refractivity contribution in [3.05, 3.63) is 47.2 Å². The van der Waals surface area contributed by atoms with Gasteiger partial charge in [-0.05, 0) is 30.7 Å². The molecule has 96 valence electrons. The van der Waals surface area contributed by atoms with Crippen LogP contribution in [0.1, 0.15) is 5.56 Å². The number of benzene rings is 1. The fraction of sp³-hybridized carbons (Fsp3) is 0.308. The van der Waals surface area contributed by atoms with Gasteiger partial charge in [-0.1, -0.05) is 17.7 Å². The van der Waals surface area contributed by atoms with Crippen molar-refractivity contribution >= 4 is 17.3 Å². The van der Waals surface area contributed by atoms with Crippen LogP contribution in [-0.4, -0.2) is 27.5 Å². The molecule has 1 heterocycles. The van der Waals surface area contributed by atoms with Crippen LogP contribution in [0.15, 0.2) is 36.7 Å². The van der Waals surface area contributed by atoms with Gasteiger partial charge in [0.2, 0.25) is 0 Å². The molecule has 2 aromatic rings. The monoisotopic (exact) mass is 265 g/mol. The lowest BCUT2D eigenvalue weighted by Gasteiger charge is -2.14. The summed E-state index contributed by atoms with van der Waals surface area (Å²) in [6.07, 6.45) is 3.00. The van der Waals surface area contributed by atoms with E-state index in [1.807, 2.05) is 37.4 Å². The molecular weight excluding hydrogens is 250 g/mol. The Morgan fingerprint density at radius 3 is 3.06 bits per heavy atom. The number of nitrogens with zero attached hydrogens (tertiary/aromatic N) is 2. The maximum atomic E-state index is 9.88. The zero-order valence-corrected chi connectivity index (χ0v) is 10.9. The first-order valence-corrected chi connectivity index (χ1v) is 6.18. The summed E-state index contributed by atoms with van der Waals surface area (Å²) < 4.78 is 1.70. The minimum atomic E-state index is -0.513. The highest BCUT2D eigenvalue weighted by Crippen LogP contribution is 2.22. The van der Waals surface area contributed by atoms with Crippen LogP contribution in [0.5, 0.6) is 0 Å². The summed E-state index contributed by atoms with van der Waals surface area (Å²) in [5, 5.41) is 17.7. The molecule has 0 spiro atoms. The Kier molecular flexibility index (Phi) is 4.23. The van der Waals surface area contributed by atoms with Crippen LogP contribution >= 0.6 is 11.6 Å². The third kappa shape index (κ3) is 3.48. The quantitative estimate of drug-likeness (QED) is 0.872. The third-order valence-corrected chi connectivity index (χ3v) is 2.94. The number of aryl methyl sites for hydroxylation is 1. The number of rotatable bonds is 5. The van der Waals surface area contributed by atoms with Gasteiger partial charge in [0, 0.05) is 18.9 Å². The summed E-state index contributed by atoms with van der Waals surface area (Å²) in [4.78, 5) is 0. The first-order valence-electron chi connectivity index (χ1n) is 5.80. The summed E-state index contributed by atoms with van der Waals surface area (Å²) in [6, 6.07) is 7.59. The minimum absolute atomic E-state index is 0.434. The van der Waals surface area contributed by atoms with Crippen molar-refractivity contribution in [2.24, 2.45) is 0 Å². The van der Waals surface area contributed by atoms with Crippen LogP contribution in [0.4, 0.5) is 5.69 Å². The number of anilines is 1. The lowest BCUT2D eigenvalue weighted by Crippen LogP contribution is -2.25. The second-order valence-electron chi connectivity index (χ2n) is 4.25. The lowest BCUT2D eigenvalue weighted by molar-refractivity contribution is 0.161. The molecule has 1 aromatic carbocycles. The molecule has 0 aliphatic rings. The molecule has 1 atom stereocenters. The molecule has 0 fully saturated rings. The third-order valence-electron chi connectivity index (χ3n) is 2.61. The lowest BCUT2D eigenvalue weighted by atomic mass is 10.2. The maximum Gasteiger partial charge on any atom is 0.0907 e. The molecule has 2 N–H and O–H groups in total. The van der Waals surface area contributed by atoms with Gasteiger partial charge in [0.15, 0.2) is 0 Å². The number of aliphatic hydroxyl groups excluding tert-OH is 1. The predicted molar refractivity (Wildman–Crippen MR) is 72.9 cm³/mol. The molecule has 1 unspecified atom stereocenters. The molecule has 0 saturated carbocycles. The molecule has 18 heavy (non-hydrogen) atoms. The van der Waals surface area contributed by atoms with Crippen LogP contribution in [0.2, 0.25) is 5.02 Å². The number of hydrogen-bond acceptors (Lipinski definition) is 3. The van der Waals surface area contributed by atoms with Crippen molar-refractivity contribution in [1.82, 2.24) is 9.78 Å². The molecule has 0 aliphatic heterocycles. The van der Waals surface area contributed by atoms with Gasteiger partial charge in [-0.2, -0.15) is 5.10 Å². The van der Waals surface area contributed by atoms with Crippen LogP contribution in [0.3, 0.4) is 0 Å². The van der Waals surface area contributed by atoms with E-state index in [1.165, 1.54) is 0 Å². The molecule has 1 aromatic heterocycles. The summed E-state index contributed by atoms with van der Waals surface area (Å²) in [6.45, 7) is 2.90. The van der Waals surface area contributed by atoms with Crippen molar-refractivity contribution in [1.29, 1.82) is 0 Å². The van der Waals surface area contributed by atoms with Gasteiger partial charge in [0.05, 0.1) is 23.4 Å². The number of aliphatic hydroxyl groups is 1. The van der Waals surface area contributed by atoms with E-state index in [9.17, 15) is 5.11 Å². The van der Waals surface area contributed by atoms with Gasteiger partial charge < -0.3 is 10.4 Å². The SMILES string of the molecule is Cc1ccc(Cl)c(NCC(O)Cn2cccn2)c1. The molecular formula is C13H16ClN3O. The Morgan fingerprint density at radius 1 is 1.50 bits per heavy atom. The van der Waals surface area contributed by atoms with E-state index in [2.05, 4.69) is 10.4 Å². The zero-order valence-electron chi connectivity index (χ0n) is 10.2. The number of hydrogen-bond donors (Lipinski definition) is 2. The highest BCUT2D eigenvalue weighted by atomic mass is 35.5. The highest BCUT2D eigenvalue weighted by molar-refractivity contribution is 6.33. The largest absolute Gasteiger partial charge is 0.389 e. The average molecular weight is 266 g/mol. The molecule has 0 amide bonds. The van der Waals surface area contributed by atoms with Crippen molar-refractivity contribution in [2.75, 3.05) is 11.9 Å².